The number of benzene rings is 2. The van der Waals surface area contributed by atoms with E-state index in [1.165, 1.54) is 16.7 Å². The third-order valence-electron chi connectivity index (χ3n) is 5.46. The summed E-state index contributed by atoms with van der Waals surface area (Å²) in [7, 11) is 5.67. The first-order valence-corrected chi connectivity index (χ1v) is 9.05. The van der Waals surface area contributed by atoms with Gasteiger partial charge in [0.05, 0.1) is 14.2 Å². The third kappa shape index (κ3) is 3.52. The lowest BCUT2D eigenvalue weighted by Gasteiger charge is -2.30. The van der Waals surface area contributed by atoms with E-state index in [-0.39, 0.29) is 0 Å². The van der Waals surface area contributed by atoms with E-state index in [0.717, 1.165) is 24.5 Å². The van der Waals surface area contributed by atoms with Crippen molar-refractivity contribution in [1.82, 2.24) is 4.90 Å². The topological polar surface area (TPSA) is 21.7 Å². The van der Waals surface area contributed by atoms with Crippen LogP contribution in [0, 0.1) is 5.92 Å². The Hall–Kier alpha value is -2.00. The summed E-state index contributed by atoms with van der Waals surface area (Å²) in [5, 5.41) is 0. The Morgan fingerprint density at radius 1 is 1.00 bits per heavy atom. The minimum atomic E-state index is 0.338. The van der Waals surface area contributed by atoms with Crippen LogP contribution in [0.5, 0.6) is 11.5 Å². The molecular weight excluding hydrogens is 310 g/mol. The van der Waals surface area contributed by atoms with Crippen molar-refractivity contribution < 1.29 is 9.47 Å². The predicted octanol–water partition coefficient (Wildman–Crippen LogP) is 4.35. The number of methoxy groups -OCH3 is 2. The maximum atomic E-state index is 5.59. The molecule has 0 radical (unpaired) electrons. The molecule has 0 aliphatic carbocycles. The maximum absolute atomic E-state index is 5.59. The van der Waals surface area contributed by atoms with E-state index in [0.29, 0.717) is 17.9 Å². The Bertz CT molecular complexity index is 711. The molecule has 2 aromatic rings. The lowest BCUT2D eigenvalue weighted by molar-refractivity contribution is 0.193. The summed E-state index contributed by atoms with van der Waals surface area (Å²) in [4.78, 5) is 2.52. The molecule has 1 aliphatic heterocycles. The fourth-order valence-corrected chi connectivity index (χ4v) is 4.06. The van der Waals surface area contributed by atoms with Gasteiger partial charge in [0.2, 0.25) is 0 Å². The summed E-state index contributed by atoms with van der Waals surface area (Å²) >= 11 is 0. The summed E-state index contributed by atoms with van der Waals surface area (Å²) in [5.41, 5.74) is 4.08. The molecule has 0 unspecified atom stereocenters. The molecule has 3 rings (SSSR count). The molecule has 3 heteroatoms. The van der Waals surface area contributed by atoms with Crippen molar-refractivity contribution in [2.75, 3.05) is 27.8 Å². The second kappa shape index (κ2) is 7.49. The van der Waals surface area contributed by atoms with Gasteiger partial charge in [-0.15, -0.1) is 0 Å². The molecule has 25 heavy (non-hydrogen) atoms. The van der Waals surface area contributed by atoms with Crippen LogP contribution in [-0.2, 0) is 6.42 Å². The van der Waals surface area contributed by atoms with Gasteiger partial charge in [-0.3, -0.25) is 0 Å². The van der Waals surface area contributed by atoms with Crippen LogP contribution in [0.3, 0.4) is 0 Å². The summed E-state index contributed by atoms with van der Waals surface area (Å²) in [6.07, 6.45) is 1.03. The molecule has 0 aromatic heterocycles. The van der Waals surface area contributed by atoms with Gasteiger partial charge < -0.3 is 14.4 Å². The van der Waals surface area contributed by atoms with Gasteiger partial charge in [-0.2, -0.15) is 0 Å². The van der Waals surface area contributed by atoms with E-state index in [1.807, 2.05) is 0 Å². The van der Waals surface area contributed by atoms with Crippen LogP contribution < -0.4 is 9.47 Å². The fourth-order valence-electron chi connectivity index (χ4n) is 4.06. The summed E-state index contributed by atoms with van der Waals surface area (Å²) < 4.78 is 11.2. The molecule has 0 saturated heterocycles. The number of rotatable bonds is 4. The monoisotopic (exact) mass is 339 g/mol. The molecule has 3 nitrogen and oxygen atoms in total. The van der Waals surface area contributed by atoms with E-state index in [4.69, 9.17) is 9.47 Å². The Labute approximate surface area is 151 Å². The Balaban J connectivity index is 2.15. The quantitative estimate of drug-likeness (QED) is 0.827. The Morgan fingerprint density at radius 3 is 2.24 bits per heavy atom. The Kier molecular flexibility index (Phi) is 5.33. The van der Waals surface area contributed by atoms with Gasteiger partial charge in [0.1, 0.15) is 0 Å². The fraction of sp³-hybridized carbons (Fsp3) is 0.455. The molecule has 2 atom stereocenters. The van der Waals surface area contributed by atoms with Gasteiger partial charge in [-0.1, -0.05) is 44.2 Å². The van der Waals surface area contributed by atoms with Gasteiger partial charge in [0.15, 0.2) is 11.5 Å². The van der Waals surface area contributed by atoms with Gasteiger partial charge in [-0.05, 0) is 48.2 Å². The smallest absolute Gasteiger partial charge is 0.161 e. The number of nitrogens with zero attached hydrogens (tertiary/aromatic N) is 1. The van der Waals surface area contributed by atoms with Crippen LogP contribution in [0.25, 0.3) is 0 Å². The van der Waals surface area contributed by atoms with E-state index in [1.54, 1.807) is 14.2 Å². The molecule has 0 bridgehead atoms. The van der Waals surface area contributed by atoms with Crippen molar-refractivity contribution in [3.63, 3.8) is 0 Å². The zero-order valence-electron chi connectivity index (χ0n) is 16.0. The Morgan fingerprint density at radius 2 is 1.64 bits per heavy atom. The average Bonchev–Trinajstić information content (AvgIpc) is 2.77. The second-order valence-corrected chi connectivity index (χ2v) is 7.32. The predicted molar refractivity (Wildman–Crippen MR) is 103 cm³/mol. The molecule has 2 aromatic carbocycles. The summed E-state index contributed by atoms with van der Waals surface area (Å²) in [6.45, 7) is 5.63. The minimum absolute atomic E-state index is 0.338. The lowest BCUT2D eigenvalue weighted by Crippen LogP contribution is -2.38. The zero-order chi connectivity index (χ0) is 18.0. The molecule has 0 spiro atoms. The first-order chi connectivity index (χ1) is 12.0. The minimum Gasteiger partial charge on any atom is -0.493 e. The van der Waals surface area contributed by atoms with Crippen LogP contribution in [0.15, 0.2) is 42.5 Å². The molecule has 0 saturated carbocycles. The summed E-state index contributed by atoms with van der Waals surface area (Å²) in [6, 6.07) is 15.7. The standard InChI is InChI=1S/C22H29NO2/c1-15(2)20-11-17-12-21(24-4)22(25-5)13-18(17)19(14-23(20)3)16-9-7-6-8-10-16/h6-10,12-13,15,19-20H,11,14H2,1-5H3/t19-,20-/m0/s1. The van der Waals surface area contributed by atoms with Gasteiger partial charge in [-0.25, -0.2) is 0 Å². The molecular formula is C22H29NO2. The van der Waals surface area contributed by atoms with Crippen LogP contribution in [-0.4, -0.2) is 38.8 Å². The van der Waals surface area contributed by atoms with Crippen molar-refractivity contribution in [3.05, 3.63) is 59.2 Å². The van der Waals surface area contributed by atoms with Crippen LogP contribution in [0.1, 0.15) is 36.5 Å². The van der Waals surface area contributed by atoms with Gasteiger partial charge >= 0.3 is 0 Å². The van der Waals surface area contributed by atoms with E-state index in [9.17, 15) is 0 Å². The SMILES string of the molecule is COc1cc2c(cc1OC)[C@H](c1ccccc1)CN(C)[C@H](C(C)C)C2. The van der Waals surface area contributed by atoms with Crippen molar-refractivity contribution in [1.29, 1.82) is 0 Å². The number of ether oxygens (including phenoxy) is 2. The average molecular weight is 339 g/mol. The summed E-state index contributed by atoms with van der Waals surface area (Å²) in [5.74, 6) is 2.57. The largest absolute Gasteiger partial charge is 0.493 e. The normalized spacial score (nSPS) is 20.9. The van der Waals surface area contributed by atoms with Crippen LogP contribution >= 0.6 is 0 Å². The highest BCUT2D eigenvalue weighted by molar-refractivity contribution is 5.51. The maximum Gasteiger partial charge on any atom is 0.161 e. The molecule has 134 valence electrons. The van der Waals surface area contributed by atoms with Crippen molar-refractivity contribution in [3.8, 4) is 11.5 Å². The van der Waals surface area contributed by atoms with E-state index in [2.05, 4.69) is 68.3 Å². The van der Waals surface area contributed by atoms with Gasteiger partial charge in [0, 0.05) is 18.5 Å². The zero-order valence-corrected chi connectivity index (χ0v) is 16.0. The number of hydrogen-bond donors (Lipinski definition) is 0. The first kappa shape index (κ1) is 17.8. The molecule has 0 fully saturated rings. The number of fused-ring (bicyclic) bond motifs is 1. The van der Waals surface area contributed by atoms with Crippen molar-refractivity contribution in [2.45, 2.75) is 32.2 Å². The van der Waals surface area contributed by atoms with Crippen LogP contribution in [0.2, 0.25) is 0 Å². The highest BCUT2D eigenvalue weighted by atomic mass is 16.5. The van der Waals surface area contributed by atoms with Crippen molar-refractivity contribution >= 4 is 0 Å². The highest BCUT2D eigenvalue weighted by Crippen LogP contribution is 2.40. The number of likely N-dealkylation sites (N-methyl/N-ethyl adjacent to an activating group) is 1. The molecule has 0 amide bonds. The molecule has 1 heterocycles. The van der Waals surface area contributed by atoms with Crippen LogP contribution in [0.4, 0.5) is 0 Å². The van der Waals surface area contributed by atoms with Gasteiger partial charge in [0.25, 0.3) is 0 Å². The van der Waals surface area contributed by atoms with Crippen molar-refractivity contribution in [2.24, 2.45) is 5.92 Å². The molecule has 1 aliphatic rings. The lowest BCUT2D eigenvalue weighted by atomic mass is 9.87. The van der Waals surface area contributed by atoms with E-state index < -0.39 is 0 Å². The third-order valence-corrected chi connectivity index (χ3v) is 5.46. The number of hydrogen-bond acceptors (Lipinski definition) is 3. The second-order valence-electron chi connectivity index (χ2n) is 7.32. The first-order valence-electron chi connectivity index (χ1n) is 9.05. The molecule has 0 N–H and O–H groups in total. The highest BCUT2D eigenvalue weighted by Gasteiger charge is 2.31. The van der Waals surface area contributed by atoms with E-state index >= 15 is 0 Å².